The number of Topliss-reactive ketones (excluding diaryl/α,β-unsaturated/α-hetero) is 1. The van der Waals surface area contributed by atoms with Crippen LogP contribution in [0, 0.1) is 0 Å². The van der Waals surface area contributed by atoms with Crippen molar-refractivity contribution in [3.05, 3.63) is 84.3 Å². The lowest BCUT2D eigenvalue weighted by Crippen LogP contribution is -2.31. The zero-order chi connectivity index (χ0) is 21.3. The molecule has 6 nitrogen and oxygen atoms in total. The van der Waals surface area contributed by atoms with Gasteiger partial charge in [-0.15, -0.1) is 0 Å². The second kappa shape index (κ2) is 10.2. The van der Waals surface area contributed by atoms with Crippen LogP contribution in [-0.2, 0) is 14.3 Å². The number of ketones is 1. The van der Waals surface area contributed by atoms with Gasteiger partial charge in [-0.1, -0.05) is 54.6 Å². The molecule has 0 saturated carbocycles. The van der Waals surface area contributed by atoms with E-state index in [1.807, 2.05) is 42.5 Å². The first-order chi connectivity index (χ1) is 14.5. The number of nitrogens with one attached hydrogen (secondary N) is 1. The summed E-state index contributed by atoms with van der Waals surface area (Å²) in [5, 5.41) is 2.67. The van der Waals surface area contributed by atoms with Crippen LogP contribution >= 0.6 is 0 Å². The molecule has 0 saturated heterocycles. The van der Waals surface area contributed by atoms with Gasteiger partial charge in [0, 0.05) is 12.0 Å². The zero-order valence-corrected chi connectivity index (χ0v) is 16.7. The Bertz CT molecular complexity index is 978. The Balaban J connectivity index is 1.41. The van der Waals surface area contributed by atoms with E-state index in [0.717, 1.165) is 11.1 Å². The van der Waals surface area contributed by atoms with Crippen molar-refractivity contribution in [3.8, 4) is 11.1 Å². The molecule has 0 spiro atoms. The molecule has 0 aliphatic heterocycles. The average Bonchev–Trinajstić information content (AvgIpc) is 3.32. The highest BCUT2D eigenvalue weighted by Crippen LogP contribution is 2.20. The Morgan fingerprint density at radius 1 is 0.900 bits per heavy atom. The van der Waals surface area contributed by atoms with Crippen LogP contribution in [0.5, 0.6) is 0 Å². The molecule has 154 valence electrons. The van der Waals surface area contributed by atoms with E-state index in [9.17, 15) is 14.4 Å². The molecule has 0 bridgehead atoms. The van der Waals surface area contributed by atoms with Gasteiger partial charge in [-0.05, 0) is 30.2 Å². The predicted molar refractivity (Wildman–Crippen MR) is 112 cm³/mol. The molecule has 3 aromatic rings. The Morgan fingerprint density at radius 3 is 2.27 bits per heavy atom. The molecule has 0 aliphatic rings. The Morgan fingerprint density at radius 2 is 1.60 bits per heavy atom. The number of carbonyl (C=O) groups excluding carboxylic acids is 3. The summed E-state index contributed by atoms with van der Waals surface area (Å²) >= 11 is 0. The van der Waals surface area contributed by atoms with Crippen molar-refractivity contribution in [2.45, 2.75) is 25.8 Å². The summed E-state index contributed by atoms with van der Waals surface area (Å²) in [6, 6.07) is 20.3. The summed E-state index contributed by atoms with van der Waals surface area (Å²) < 4.78 is 10.2. The predicted octanol–water partition coefficient (Wildman–Crippen LogP) is 4.33. The quantitative estimate of drug-likeness (QED) is 0.423. The van der Waals surface area contributed by atoms with E-state index >= 15 is 0 Å². The third-order valence-corrected chi connectivity index (χ3v) is 4.58. The topological polar surface area (TPSA) is 85.6 Å². The molecule has 0 aliphatic carbocycles. The first kappa shape index (κ1) is 21.0. The third-order valence-electron chi connectivity index (χ3n) is 4.58. The third kappa shape index (κ3) is 5.91. The van der Waals surface area contributed by atoms with E-state index in [2.05, 4.69) is 5.32 Å². The lowest BCUT2D eigenvalue weighted by molar-refractivity contribution is -0.148. The first-order valence-corrected chi connectivity index (χ1v) is 9.70. The highest BCUT2D eigenvalue weighted by atomic mass is 16.5. The molecule has 3 rings (SSSR count). The number of hydrogen-bond donors (Lipinski definition) is 1. The molecule has 0 unspecified atom stereocenters. The summed E-state index contributed by atoms with van der Waals surface area (Å²) in [6.07, 6.45) is 1.46. The molecule has 1 heterocycles. The number of hydrogen-bond acceptors (Lipinski definition) is 5. The minimum atomic E-state index is -0.593. The van der Waals surface area contributed by atoms with Crippen LogP contribution in [0.4, 0.5) is 0 Å². The minimum absolute atomic E-state index is 0.0218. The number of amides is 1. The molecular formula is C24H23NO5. The van der Waals surface area contributed by atoms with Crippen LogP contribution in [0.15, 0.2) is 77.4 Å². The SMILES string of the molecule is C[C@H](NC(=O)COC(=O)CCC(=O)c1ccc(-c2ccccc2)cc1)c1ccco1. The summed E-state index contributed by atoms with van der Waals surface area (Å²) in [5.41, 5.74) is 2.62. The Kier molecular flexibility index (Phi) is 7.16. The normalized spacial score (nSPS) is 11.5. The molecule has 2 aromatic carbocycles. The number of rotatable bonds is 9. The van der Waals surface area contributed by atoms with Crippen LogP contribution in [0.3, 0.4) is 0 Å². The number of furan rings is 1. The van der Waals surface area contributed by atoms with Gasteiger partial charge < -0.3 is 14.5 Å². The second-order valence-corrected chi connectivity index (χ2v) is 6.83. The van der Waals surface area contributed by atoms with Gasteiger partial charge >= 0.3 is 5.97 Å². The highest BCUT2D eigenvalue weighted by Gasteiger charge is 2.15. The van der Waals surface area contributed by atoms with Crippen molar-refractivity contribution in [2.24, 2.45) is 0 Å². The van der Waals surface area contributed by atoms with E-state index < -0.39 is 18.5 Å². The summed E-state index contributed by atoms with van der Waals surface area (Å²) in [5.74, 6) is -0.568. The molecule has 0 radical (unpaired) electrons. The number of carbonyl (C=O) groups is 3. The largest absolute Gasteiger partial charge is 0.467 e. The van der Waals surface area contributed by atoms with Crippen LogP contribution in [-0.4, -0.2) is 24.3 Å². The fourth-order valence-corrected chi connectivity index (χ4v) is 2.95. The average molecular weight is 405 g/mol. The minimum Gasteiger partial charge on any atom is -0.467 e. The van der Waals surface area contributed by atoms with Crippen molar-refractivity contribution in [1.29, 1.82) is 0 Å². The fourth-order valence-electron chi connectivity index (χ4n) is 2.95. The first-order valence-electron chi connectivity index (χ1n) is 9.70. The lowest BCUT2D eigenvalue weighted by Gasteiger charge is -2.11. The number of benzene rings is 2. The monoisotopic (exact) mass is 405 g/mol. The van der Waals surface area contributed by atoms with Crippen molar-refractivity contribution < 1.29 is 23.5 Å². The fraction of sp³-hybridized carbons (Fsp3) is 0.208. The lowest BCUT2D eigenvalue weighted by atomic mass is 10.0. The molecule has 1 aromatic heterocycles. The maximum atomic E-state index is 12.3. The maximum absolute atomic E-state index is 12.3. The van der Waals surface area contributed by atoms with Crippen molar-refractivity contribution >= 4 is 17.7 Å². The summed E-state index contributed by atoms with van der Waals surface area (Å²) in [7, 11) is 0. The van der Waals surface area contributed by atoms with Crippen molar-refractivity contribution in [3.63, 3.8) is 0 Å². The van der Waals surface area contributed by atoms with Crippen molar-refractivity contribution in [1.82, 2.24) is 5.32 Å². The van der Waals surface area contributed by atoms with Gasteiger partial charge in [-0.25, -0.2) is 0 Å². The molecule has 30 heavy (non-hydrogen) atoms. The van der Waals surface area contributed by atoms with E-state index in [1.165, 1.54) is 6.26 Å². The van der Waals surface area contributed by atoms with Crippen LogP contribution in [0.2, 0.25) is 0 Å². The second-order valence-electron chi connectivity index (χ2n) is 6.83. The molecule has 1 amide bonds. The molecule has 1 N–H and O–H groups in total. The molecule has 0 fully saturated rings. The van der Waals surface area contributed by atoms with Crippen LogP contribution in [0.1, 0.15) is 41.9 Å². The van der Waals surface area contributed by atoms with Crippen molar-refractivity contribution in [2.75, 3.05) is 6.61 Å². The van der Waals surface area contributed by atoms with E-state index in [1.54, 1.807) is 31.2 Å². The van der Waals surface area contributed by atoms with Gasteiger partial charge in [0.2, 0.25) is 0 Å². The highest BCUT2D eigenvalue weighted by molar-refractivity contribution is 5.98. The van der Waals surface area contributed by atoms with Gasteiger partial charge in [0.25, 0.3) is 5.91 Å². The number of esters is 1. The maximum Gasteiger partial charge on any atom is 0.306 e. The van der Waals surface area contributed by atoms with Gasteiger partial charge in [0.1, 0.15) is 5.76 Å². The molecule has 1 atom stereocenters. The summed E-state index contributed by atoms with van der Waals surface area (Å²) in [4.78, 5) is 36.0. The Hall–Kier alpha value is -3.67. The smallest absolute Gasteiger partial charge is 0.306 e. The standard InChI is InChI=1S/C24H23NO5/c1-17(22-8-5-15-29-22)25-23(27)16-30-24(28)14-13-21(26)20-11-9-19(10-12-20)18-6-3-2-4-7-18/h2-12,15,17H,13-14,16H2,1H3,(H,25,27)/t17-/m0/s1. The van der Waals surface area contributed by atoms with Crippen LogP contribution < -0.4 is 5.32 Å². The van der Waals surface area contributed by atoms with E-state index in [4.69, 9.17) is 9.15 Å². The Labute approximate surface area is 174 Å². The summed E-state index contributed by atoms with van der Waals surface area (Å²) in [6.45, 7) is 1.37. The molecule has 6 heteroatoms. The molecular weight excluding hydrogens is 382 g/mol. The van der Waals surface area contributed by atoms with Gasteiger partial charge in [0.15, 0.2) is 12.4 Å². The van der Waals surface area contributed by atoms with Gasteiger partial charge in [0.05, 0.1) is 18.7 Å². The van der Waals surface area contributed by atoms with E-state index in [0.29, 0.717) is 11.3 Å². The van der Waals surface area contributed by atoms with Gasteiger partial charge in [-0.2, -0.15) is 0 Å². The van der Waals surface area contributed by atoms with Gasteiger partial charge in [-0.3, -0.25) is 14.4 Å². The number of ether oxygens (including phenoxy) is 1. The van der Waals surface area contributed by atoms with Crippen LogP contribution in [0.25, 0.3) is 11.1 Å². The van der Waals surface area contributed by atoms with E-state index in [-0.39, 0.29) is 24.7 Å². The zero-order valence-electron chi connectivity index (χ0n) is 16.7.